The van der Waals surface area contributed by atoms with Crippen LogP contribution in [-0.4, -0.2) is 17.7 Å². The number of halogens is 1. The Kier molecular flexibility index (Phi) is 6.75. The molecule has 0 heterocycles. The van der Waals surface area contributed by atoms with Gasteiger partial charge in [-0.25, -0.2) is 4.39 Å². The standard InChI is InChI=1S/C7H15FS2/c1-4-9-10-7(5-8)6(2)3/h6-7H,4-5H2,1-3H3/t7-/m1/s1. The number of hydrogen-bond acceptors (Lipinski definition) is 2. The zero-order chi connectivity index (χ0) is 7.98. The lowest BCUT2D eigenvalue weighted by Gasteiger charge is -2.14. The first-order chi connectivity index (χ1) is 4.72. The average Bonchev–Trinajstić information content (AvgIpc) is 1.89. The highest BCUT2D eigenvalue weighted by Gasteiger charge is 2.12. The molecule has 0 fully saturated rings. The van der Waals surface area contributed by atoms with Crippen LogP contribution in [0.1, 0.15) is 20.8 Å². The van der Waals surface area contributed by atoms with Gasteiger partial charge in [-0.05, 0) is 5.92 Å². The Morgan fingerprint density at radius 2 is 2.00 bits per heavy atom. The molecule has 62 valence electrons. The molecule has 0 aromatic heterocycles. The van der Waals surface area contributed by atoms with Gasteiger partial charge in [-0.1, -0.05) is 42.4 Å². The molecule has 0 aromatic rings. The normalized spacial score (nSPS) is 14.1. The first-order valence-corrected chi connectivity index (χ1v) is 5.94. The van der Waals surface area contributed by atoms with Crippen molar-refractivity contribution in [2.75, 3.05) is 12.4 Å². The summed E-state index contributed by atoms with van der Waals surface area (Å²) in [6, 6.07) is 0. The van der Waals surface area contributed by atoms with E-state index in [4.69, 9.17) is 0 Å². The molecule has 10 heavy (non-hydrogen) atoms. The zero-order valence-electron chi connectivity index (χ0n) is 6.76. The summed E-state index contributed by atoms with van der Waals surface area (Å²) >= 11 is 0. The van der Waals surface area contributed by atoms with E-state index >= 15 is 0 Å². The molecule has 0 nitrogen and oxygen atoms in total. The van der Waals surface area contributed by atoms with Crippen LogP contribution < -0.4 is 0 Å². The van der Waals surface area contributed by atoms with Gasteiger partial charge in [-0.3, -0.25) is 0 Å². The van der Waals surface area contributed by atoms with Crippen molar-refractivity contribution in [2.45, 2.75) is 26.0 Å². The van der Waals surface area contributed by atoms with Gasteiger partial charge in [-0.15, -0.1) is 0 Å². The Balaban J connectivity index is 3.40. The van der Waals surface area contributed by atoms with Gasteiger partial charge in [0.05, 0.1) is 0 Å². The van der Waals surface area contributed by atoms with Gasteiger partial charge in [0.15, 0.2) is 0 Å². The van der Waals surface area contributed by atoms with Crippen molar-refractivity contribution in [3.05, 3.63) is 0 Å². The van der Waals surface area contributed by atoms with Gasteiger partial charge in [0, 0.05) is 11.0 Å². The molecule has 0 unspecified atom stereocenters. The summed E-state index contributed by atoms with van der Waals surface area (Å²) < 4.78 is 12.2. The van der Waals surface area contributed by atoms with Crippen LogP contribution in [0.2, 0.25) is 0 Å². The third kappa shape index (κ3) is 4.45. The third-order valence-electron chi connectivity index (χ3n) is 1.21. The van der Waals surface area contributed by atoms with Gasteiger partial charge in [0.25, 0.3) is 0 Å². The summed E-state index contributed by atoms with van der Waals surface area (Å²) in [6.45, 7) is 6.02. The van der Waals surface area contributed by atoms with E-state index in [-0.39, 0.29) is 11.9 Å². The Morgan fingerprint density at radius 3 is 2.30 bits per heavy atom. The summed E-state index contributed by atoms with van der Waals surface area (Å²) in [5, 5.41) is 0.185. The molecule has 0 bridgehead atoms. The van der Waals surface area contributed by atoms with Crippen LogP contribution in [0.3, 0.4) is 0 Å². The van der Waals surface area contributed by atoms with Gasteiger partial charge >= 0.3 is 0 Å². The van der Waals surface area contributed by atoms with Crippen LogP contribution >= 0.6 is 21.6 Å². The average molecular weight is 182 g/mol. The van der Waals surface area contributed by atoms with Crippen molar-refractivity contribution < 1.29 is 4.39 Å². The highest BCUT2D eigenvalue weighted by atomic mass is 33.1. The first-order valence-electron chi connectivity index (χ1n) is 3.56. The monoisotopic (exact) mass is 182 g/mol. The summed E-state index contributed by atoms with van der Waals surface area (Å²) in [5.41, 5.74) is 0. The van der Waals surface area contributed by atoms with Gasteiger partial charge in [0.1, 0.15) is 6.67 Å². The fourth-order valence-electron chi connectivity index (χ4n) is 0.470. The van der Waals surface area contributed by atoms with E-state index in [0.717, 1.165) is 5.75 Å². The molecule has 1 atom stereocenters. The fraction of sp³-hybridized carbons (Fsp3) is 1.00. The fourth-order valence-corrected chi connectivity index (χ4v) is 2.81. The lowest BCUT2D eigenvalue weighted by Crippen LogP contribution is -2.11. The third-order valence-corrected chi connectivity index (χ3v) is 4.35. The van der Waals surface area contributed by atoms with Crippen molar-refractivity contribution in [3.63, 3.8) is 0 Å². The Bertz CT molecular complexity index is 76.0. The quantitative estimate of drug-likeness (QED) is 0.598. The zero-order valence-corrected chi connectivity index (χ0v) is 8.40. The van der Waals surface area contributed by atoms with Crippen molar-refractivity contribution in [1.29, 1.82) is 0 Å². The van der Waals surface area contributed by atoms with Gasteiger partial charge in [-0.2, -0.15) is 0 Å². The predicted octanol–water partition coefficient (Wildman–Crippen LogP) is 3.38. The van der Waals surface area contributed by atoms with Crippen molar-refractivity contribution in [3.8, 4) is 0 Å². The second-order valence-electron chi connectivity index (χ2n) is 2.44. The number of alkyl halides is 1. The van der Waals surface area contributed by atoms with E-state index in [1.54, 1.807) is 21.6 Å². The van der Waals surface area contributed by atoms with E-state index < -0.39 is 0 Å². The molecular formula is C7H15FS2. The molecule has 0 aliphatic heterocycles. The maximum Gasteiger partial charge on any atom is 0.102 e. The Labute approximate surface area is 70.7 Å². The summed E-state index contributed by atoms with van der Waals surface area (Å²) in [7, 11) is 3.42. The molecule has 0 saturated heterocycles. The molecule has 0 radical (unpaired) electrons. The minimum atomic E-state index is -0.199. The summed E-state index contributed by atoms with van der Waals surface area (Å²) in [6.07, 6.45) is 0. The Hall–Kier alpha value is 0.630. The van der Waals surface area contributed by atoms with Crippen molar-refractivity contribution in [2.24, 2.45) is 5.92 Å². The first kappa shape index (κ1) is 10.6. The molecule has 0 saturated carbocycles. The van der Waals surface area contributed by atoms with Gasteiger partial charge in [0.2, 0.25) is 0 Å². The number of hydrogen-bond donors (Lipinski definition) is 0. The van der Waals surface area contributed by atoms with Crippen LogP contribution in [0.25, 0.3) is 0 Å². The molecule has 0 amide bonds. The van der Waals surface area contributed by atoms with E-state index in [9.17, 15) is 4.39 Å². The summed E-state index contributed by atoms with van der Waals surface area (Å²) in [4.78, 5) is 0. The van der Waals surface area contributed by atoms with Crippen LogP contribution in [0.4, 0.5) is 4.39 Å². The molecule has 0 N–H and O–H groups in total. The SMILES string of the molecule is CCSS[C@H](CF)C(C)C. The maximum atomic E-state index is 12.2. The molecule has 3 heteroatoms. The van der Waals surface area contributed by atoms with E-state index in [0.29, 0.717) is 5.92 Å². The van der Waals surface area contributed by atoms with Crippen LogP contribution in [0, 0.1) is 5.92 Å². The lowest BCUT2D eigenvalue weighted by atomic mass is 10.1. The lowest BCUT2D eigenvalue weighted by molar-refractivity contribution is 0.433. The van der Waals surface area contributed by atoms with Crippen molar-refractivity contribution >= 4 is 21.6 Å². The smallest absolute Gasteiger partial charge is 0.102 e. The second kappa shape index (κ2) is 6.35. The van der Waals surface area contributed by atoms with Crippen LogP contribution in [0.15, 0.2) is 0 Å². The van der Waals surface area contributed by atoms with Crippen LogP contribution in [-0.2, 0) is 0 Å². The molecule has 0 aromatic carbocycles. The minimum absolute atomic E-state index is 0.185. The highest BCUT2D eigenvalue weighted by Crippen LogP contribution is 2.30. The maximum absolute atomic E-state index is 12.2. The van der Waals surface area contributed by atoms with Crippen LogP contribution in [0.5, 0.6) is 0 Å². The summed E-state index contributed by atoms with van der Waals surface area (Å²) in [5.74, 6) is 1.52. The molecular weight excluding hydrogens is 167 g/mol. The molecule has 0 spiro atoms. The minimum Gasteiger partial charge on any atom is -0.250 e. The van der Waals surface area contributed by atoms with Crippen molar-refractivity contribution in [1.82, 2.24) is 0 Å². The highest BCUT2D eigenvalue weighted by molar-refractivity contribution is 8.76. The van der Waals surface area contributed by atoms with E-state index in [1.807, 2.05) is 0 Å². The number of rotatable bonds is 5. The second-order valence-corrected chi connectivity index (χ2v) is 5.33. The molecule has 0 aliphatic carbocycles. The molecule has 0 aliphatic rings. The largest absolute Gasteiger partial charge is 0.250 e. The van der Waals surface area contributed by atoms with Gasteiger partial charge < -0.3 is 0 Å². The van der Waals surface area contributed by atoms with E-state index in [1.165, 1.54) is 0 Å². The Morgan fingerprint density at radius 1 is 1.40 bits per heavy atom. The topological polar surface area (TPSA) is 0 Å². The molecule has 0 rings (SSSR count). The predicted molar refractivity (Wildman–Crippen MR) is 50.3 cm³/mol. The van der Waals surface area contributed by atoms with E-state index in [2.05, 4.69) is 20.8 Å².